The topological polar surface area (TPSA) is 240 Å². The first kappa shape index (κ1) is 36.0. The minimum absolute atomic E-state index is 0. The van der Waals surface area contributed by atoms with E-state index in [1.54, 1.807) is 0 Å². The Bertz CT molecular complexity index is 1290. The fourth-order valence-electron chi connectivity index (χ4n) is 4.78. The number of hydrogen-bond donors (Lipinski definition) is 7. The number of aliphatic imine (C=N–C) groups is 1. The first-order valence-electron chi connectivity index (χ1n) is 12.9. The molecule has 2 unspecified atom stereocenters. The highest BCUT2D eigenvalue weighted by Gasteiger charge is 2.38. The van der Waals surface area contributed by atoms with E-state index < -0.39 is 52.7 Å². The number of Topliss-reactive ketones (excluding diaryl/α,β-unsaturated/α-hetero) is 1. The summed E-state index contributed by atoms with van der Waals surface area (Å²) < 4.78 is 0. The Balaban J connectivity index is 0.00000441. The van der Waals surface area contributed by atoms with Crippen LogP contribution in [0.25, 0.3) is 0 Å². The first-order chi connectivity index (χ1) is 19.0. The van der Waals surface area contributed by atoms with Crippen LogP contribution in [0, 0.1) is 0 Å². The quantitative estimate of drug-likeness (QED) is 0.0436. The average Bonchev–Trinajstić information content (AvgIpc) is 3.41. The zero-order chi connectivity index (χ0) is 29.4. The number of carboxylic acid groups (broad SMARTS) is 1. The van der Waals surface area contributed by atoms with Gasteiger partial charge in [-0.1, -0.05) is 30.3 Å². The molecule has 3 atom stereocenters. The minimum atomic E-state index is -1.56. The van der Waals surface area contributed by atoms with Crippen LogP contribution in [0.1, 0.15) is 52.0 Å². The van der Waals surface area contributed by atoms with Crippen molar-refractivity contribution < 1.29 is 29.4 Å². The number of phenols is 1. The Morgan fingerprint density at radius 1 is 1.05 bits per heavy atom. The maximum atomic E-state index is 13.6. The number of aromatic hydroxyl groups is 1. The lowest BCUT2D eigenvalue weighted by Gasteiger charge is -2.28. The van der Waals surface area contributed by atoms with Crippen LogP contribution in [0.15, 0.2) is 47.5 Å². The second kappa shape index (κ2) is 16.4. The summed E-state index contributed by atoms with van der Waals surface area (Å²) in [7, 11) is 0. The van der Waals surface area contributed by atoms with Crippen molar-refractivity contribution >= 4 is 60.0 Å². The molecule has 42 heavy (non-hydrogen) atoms. The molecule has 1 fully saturated rings. The molecule has 3 rings (SSSR count). The van der Waals surface area contributed by atoms with Gasteiger partial charge >= 0.3 is 5.97 Å². The molecule has 230 valence electrons. The number of carbonyl (C=O) groups is 4. The van der Waals surface area contributed by atoms with Gasteiger partial charge in [-0.05, 0) is 49.8 Å². The van der Waals surface area contributed by atoms with Gasteiger partial charge in [-0.3, -0.25) is 19.4 Å². The number of nitrogens with one attached hydrogen (secondary N) is 1. The fourth-order valence-corrected chi connectivity index (χ4v) is 4.78. The first-order valence-corrected chi connectivity index (χ1v) is 12.9. The van der Waals surface area contributed by atoms with Crippen LogP contribution in [0.3, 0.4) is 0 Å². The second-order valence-electron chi connectivity index (χ2n) is 9.59. The number of anilines is 1. The number of guanidine groups is 1. The molecule has 0 aromatic heterocycles. The molecular weight excluding hydrogens is 589 g/mol. The van der Waals surface area contributed by atoms with Crippen molar-refractivity contribution in [1.82, 2.24) is 10.2 Å². The minimum Gasteiger partial charge on any atom is -0.507 e. The molecule has 1 heterocycles. The highest BCUT2D eigenvalue weighted by Crippen LogP contribution is 2.29. The number of nitrogen functional groups attached to an aromatic ring is 1. The molecular formula is C27H37Cl2N7O6. The number of carbonyl (C=O) groups excluding carboxylic acids is 3. The molecule has 11 N–H and O–H groups in total. The largest absolute Gasteiger partial charge is 0.507 e. The van der Waals surface area contributed by atoms with Gasteiger partial charge in [-0.15, -0.1) is 24.8 Å². The molecule has 0 bridgehead atoms. The van der Waals surface area contributed by atoms with Crippen molar-refractivity contribution in [2.75, 3.05) is 18.8 Å². The standard InChI is InChI=1S/C27H35N7O6.2ClH/c28-16-10-11-20(35)22(26(39)40)21(16)23(36)18(8-4-12-32-27(30)31)33-24(37)19-9-5-13-34(19)25(38)17(29)14-15-6-2-1-3-7-15;;/h1-3,6-7,10-11,17-19,35H,4-5,8-9,12-14,28-29H2,(H,33,37)(H,39,40)(H4,30,31,32);2*1H/t17-,18?,19?;;/m1../s1. The molecule has 0 saturated carbocycles. The number of likely N-dealkylation sites (tertiary alicyclic amines) is 1. The maximum absolute atomic E-state index is 13.6. The smallest absolute Gasteiger partial charge is 0.340 e. The number of rotatable bonds is 12. The maximum Gasteiger partial charge on any atom is 0.340 e. The van der Waals surface area contributed by atoms with Crippen LogP contribution in [0.2, 0.25) is 0 Å². The molecule has 2 aromatic rings. The number of aromatic carboxylic acids is 1. The number of nitrogens with zero attached hydrogens (tertiary/aromatic N) is 2. The van der Waals surface area contributed by atoms with Gasteiger partial charge in [0.2, 0.25) is 11.8 Å². The van der Waals surface area contributed by atoms with Crippen LogP contribution in [-0.2, 0) is 16.0 Å². The number of nitrogens with two attached hydrogens (primary N) is 4. The number of ketones is 1. The third kappa shape index (κ3) is 8.96. The third-order valence-electron chi connectivity index (χ3n) is 6.71. The van der Waals surface area contributed by atoms with E-state index in [0.29, 0.717) is 25.8 Å². The Kier molecular flexibility index (Phi) is 14.0. The van der Waals surface area contributed by atoms with Crippen LogP contribution < -0.4 is 28.3 Å². The van der Waals surface area contributed by atoms with E-state index in [1.165, 1.54) is 11.0 Å². The van der Waals surface area contributed by atoms with Crippen molar-refractivity contribution in [3.8, 4) is 5.75 Å². The van der Waals surface area contributed by atoms with Gasteiger partial charge in [0.15, 0.2) is 11.7 Å². The zero-order valence-corrected chi connectivity index (χ0v) is 24.4. The second-order valence-corrected chi connectivity index (χ2v) is 9.59. The van der Waals surface area contributed by atoms with E-state index in [1.807, 2.05) is 30.3 Å². The summed E-state index contributed by atoms with van der Waals surface area (Å²) in [6, 6.07) is 8.57. The lowest BCUT2D eigenvalue weighted by atomic mass is 9.93. The predicted octanol–water partition coefficient (Wildman–Crippen LogP) is 0.798. The molecule has 1 saturated heterocycles. The summed E-state index contributed by atoms with van der Waals surface area (Å²) in [6.07, 6.45) is 1.51. The van der Waals surface area contributed by atoms with Gasteiger partial charge in [0, 0.05) is 18.8 Å². The third-order valence-corrected chi connectivity index (χ3v) is 6.71. The number of amides is 2. The molecule has 1 aliphatic rings. The van der Waals surface area contributed by atoms with Gasteiger partial charge in [-0.25, -0.2) is 4.79 Å². The van der Waals surface area contributed by atoms with Gasteiger partial charge in [0.25, 0.3) is 0 Å². The molecule has 2 aromatic carbocycles. The summed E-state index contributed by atoms with van der Waals surface area (Å²) in [5, 5.41) is 22.4. The highest BCUT2D eigenvalue weighted by molar-refractivity contribution is 6.13. The van der Waals surface area contributed by atoms with Crippen LogP contribution >= 0.6 is 24.8 Å². The van der Waals surface area contributed by atoms with E-state index >= 15 is 0 Å². The van der Waals surface area contributed by atoms with E-state index in [-0.39, 0.29) is 61.8 Å². The number of hydrogen-bond acceptors (Lipinski definition) is 8. The summed E-state index contributed by atoms with van der Waals surface area (Å²) >= 11 is 0. The number of benzene rings is 2. The van der Waals surface area contributed by atoms with Crippen molar-refractivity contribution in [3.05, 3.63) is 59.2 Å². The van der Waals surface area contributed by atoms with E-state index in [0.717, 1.165) is 11.6 Å². The monoisotopic (exact) mass is 625 g/mol. The lowest BCUT2D eigenvalue weighted by Crippen LogP contribution is -2.54. The summed E-state index contributed by atoms with van der Waals surface area (Å²) in [6.45, 7) is 0.469. The zero-order valence-electron chi connectivity index (χ0n) is 22.8. The van der Waals surface area contributed by atoms with Gasteiger partial charge in [0.1, 0.15) is 17.4 Å². The highest BCUT2D eigenvalue weighted by atomic mass is 35.5. The molecule has 2 amide bonds. The van der Waals surface area contributed by atoms with E-state index in [4.69, 9.17) is 22.9 Å². The van der Waals surface area contributed by atoms with Gasteiger partial charge < -0.3 is 43.4 Å². The molecule has 0 radical (unpaired) electrons. The van der Waals surface area contributed by atoms with E-state index in [2.05, 4.69) is 10.3 Å². The number of carboxylic acids is 1. The molecule has 0 aliphatic carbocycles. The van der Waals surface area contributed by atoms with Gasteiger partial charge in [0.05, 0.1) is 17.6 Å². The molecule has 0 spiro atoms. The summed E-state index contributed by atoms with van der Waals surface area (Å²) in [4.78, 5) is 57.3. The van der Waals surface area contributed by atoms with Crippen molar-refractivity contribution in [2.24, 2.45) is 22.2 Å². The Labute approximate surface area is 255 Å². The number of halogens is 2. The van der Waals surface area contributed by atoms with Gasteiger partial charge in [-0.2, -0.15) is 0 Å². The van der Waals surface area contributed by atoms with Crippen molar-refractivity contribution in [2.45, 2.75) is 50.2 Å². The SMILES string of the molecule is Cl.Cl.NC(N)=NCCCC(NC(=O)C1CCCN1C(=O)[C@H](N)Cc1ccccc1)C(=O)c1c(N)ccc(O)c1C(=O)O. The Hall–Kier alpha value is -4.07. The predicted molar refractivity (Wildman–Crippen MR) is 163 cm³/mol. The molecule has 1 aliphatic heterocycles. The Morgan fingerprint density at radius 2 is 1.71 bits per heavy atom. The lowest BCUT2D eigenvalue weighted by molar-refractivity contribution is -0.139. The van der Waals surface area contributed by atoms with Crippen LogP contribution in [0.4, 0.5) is 5.69 Å². The molecule has 15 heteroatoms. The summed E-state index contributed by atoms with van der Waals surface area (Å²) in [5.74, 6) is -4.13. The molecule has 13 nitrogen and oxygen atoms in total. The van der Waals surface area contributed by atoms with Crippen molar-refractivity contribution in [3.63, 3.8) is 0 Å². The normalized spacial score (nSPS) is 15.4. The van der Waals surface area contributed by atoms with Crippen molar-refractivity contribution in [1.29, 1.82) is 0 Å². The fraction of sp³-hybridized carbons (Fsp3) is 0.370. The average molecular weight is 627 g/mol. The van der Waals surface area contributed by atoms with Crippen LogP contribution in [0.5, 0.6) is 5.75 Å². The Morgan fingerprint density at radius 3 is 2.33 bits per heavy atom. The van der Waals surface area contributed by atoms with Crippen LogP contribution in [-0.4, -0.2) is 75.9 Å². The van der Waals surface area contributed by atoms with E-state index in [9.17, 15) is 29.4 Å². The summed E-state index contributed by atoms with van der Waals surface area (Å²) in [5.41, 5.74) is 22.5.